The predicted molar refractivity (Wildman–Crippen MR) is 82.4 cm³/mol. The van der Waals surface area contributed by atoms with Crippen molar-refractivity contribution in [3.8, 4) is 0 Å². The van der Waals surface area contributed by atoms with Crippen LogP contribution >= 0.6 is 11.6 Å². The van der Waals surface area contributed by atoms with E-state index in [2.05, 4.69) is 10.0 Å². The zero-order valence-electron chi connectivity index (χ0n) is 11.6. The van der Waals surface area contributed by atoms with Crippen molar-refractivity contribution in [2.45, 2.75) is 25.8 Å². The first-order valence-corrected chi connectivity index (χ1v) is 8.96. The van der Waals surface area contributed by atoms with Gasteiger partial charge in [0.05, 0.1) is 5.75 Å². The SMILES string of the molecule is CC(NS(=O)(=O)CC1CCCNC1)c1ccccc1Cl. The molecule has 0 saturated carbocycles. The number of nitrogens with one attached hydrogen (secondary N) is 2. The van der Waals surface area contributed by atoms with Gasteiger partial charge in [0.15, 0.2) is 0 Å². The smallest absolute Gasteiger partial charge is 0.212 e. The van der Waals surface area contributed by atoms with Gasteiger partial charge in [0.1, 0.15) is 0 Å². The summed E-state index contributed by atoms with van der Waals surface area (Å²) in [5.41, 5.74) is 0.805. The van der Waals surface area contributed by atoms with E-state index in [0.717, 1.165) is 31.5 Å². The van der Waals surface area contributed by atoms with Crippen LogP contribution in [0.4, 0.5) is 0 Å². The zero-order chi connectivity index (χ0) is 14.6. The maximum absolute atomic E-state index is 12.2. The van der Waals surface area contributed by atoms with Gasteiger partial charge in [-0.1, -0.05) is 29.8 Å². The fraction of sp³-hybridized carbons (Fsp3) is 0.571. The molecular weight excluding hydrogens is 296 g/mol. The minimum absolute atomic E-state index is 0.175. The highest BCUT2D eigenvalue weighted by Gasteiger charge is 2.23. The van der Waals surface area contributed by atoms with Gasteiger partial charge in [0.2, 0.25) is 10.0 Å². The van der Waals surface area contributed by atoms with E-state index in [4.69, 9.17) is 11.6 Å². The molecular formula is C14H21ClN2O2S. The third kappa shape index (κ3) is 4.45. The predicted octanol–water partition coefficient (Wildman–Crippen LogP) is 2.32. The highest BCUT2D eigenvalue weighted by molar-refractivity contribution is 7.89. The number of hydrogen-bond acceptors (Lipinski definition) is 3. The molecule has 20 heavy (non-hydrogen) atoms. The second-order valence-corrected chi connectivity index (χ2v) is 7.56. The first-order valence-electron chi connectivity index (χ1n) is 6.93. The number of rotatable bonds is 5. The van der Waals surface area contributed by atoms with Crippen LogP contribution < -0.4 is 10.0 Å². The maximum Gasteiger partial charge on any atom is 0.212 e. The topological polar surface area (TPSA) is 58.2 Å². The Hall–Kier alpha value is -0.620. The first kappa shape index (κ1) is 15.8. The fourth-order valence-electron chi connectivity index (χ4n) is 2.58. The van der Waals surface area contributed by atoms with Crippen molar-refractivity contribution in [3.63, 3.8) is 0 Å². The van der Waals surface area contributed by atoms with Crippen molar-refractivity contribution in [2.24, 2.45) is 5.92 Å². The second kappa shape index (κ2) is 6.89. The van der Waals surface area contributed by atoms with Crippen molar-refractivity contribution in [1.29, 1.82) is 0 Å². The van der Waals surface area contributed by atoms with Crippen molar-refractivity contribution in [2.75, 3.05) is 18.8 Å². The average Bonchev–Trinajstić information content (AvgIpc) is 2.39. The molecule has 0 spiro atoms. The van der Waals surface area contributed by atoms with Crippen molar-refractivity contribution < 1.29 is 8.42 Å². The summed E-state index contributed by atoms with van der Waals surface area (Å²) in [5, 5.41) is 3.82. The highest BCUT2D eigenvalue weighted by Crippen LogP contribution is 2.23. The molecule has 1 aliphatic rings. The van der Waals surface area contributed by atoms with Crippen LogP contribution in [0.5, 0.6) is 0 Å². The summed E-state index contributed by atoms with van der Waals surface area (Å²) in [6.07, 6.45) is 2.01. The third-order valence-corrected chi connectivity index (χ3v) is 5.55. The van der Waals surface area contributed by atoms with Gasteiger partial charge in [0.25, 0.3) is 0 Å². The van der Waals surface area contributed by atoms with Crippen LogP contribution in [-0.2, 0) is 10.0 Å². The standard InChI is InChI=1S/C14H21ClN2O2S/c1-11(13-6-2-3-7-14(13)15)17-20(18,19)10-12-5-4-8-16-9-12/h2-3,6-7,11-12,16-17H,4-5,8-10H2,1H3. The molecule has 0 amide bonds. The summed E-state index contributed by atoms with van der Waals surface area (Å²) >= 11 is 6.10. The molecule has 112 valence electrons. The summed E-state index contributed by atoms with van der Waals surface area (Å²) < 4.78 is 27.1. The van der Waals surface area contributed by atoms with Crippen LogP contribution in [0.1, 0.15) is 31.4 Å². The Morgan fingerprint density at radius 2 is 2.20 bits per heavy atom. The quantitative estimate of drug-likeness (QED) is 0.876. The van der Waals surface area contributed by atoms with Gasteiger partial charge in [-0.15, -0.1) is 0 Å². The Labute approximate surface area is 126 Å². The molecule has 0 aliphatic carbocycles. The van der Waals surface area contributed by atoms with E-state index in [-0.39, 0.29) is 17.7 Å². The fourth-order valence-corrected chi connectivity index (χ4v) is 4.55. The number of benzene rings is 1. The molecule has 0 aromatic heterocycles. The number of sulfonamides is 1. The monoisotopic (exact) mass is 316 g/mol. The lowest BCUT2D eigenvalue weighted by Gasteiger charge is -2.24. The molecule has 2 rings (SSSR count). The van der Waals surface area contributed by atoms with Crippen LogP contribution in [0.2, 0.25) is 5.02 Å². The molecule has 6 heteroatoms. The first-order chi connectivity index (χ1) is 9.48. The summed E-state index contributed by atoms with van der Waals surface area (Å²) in [6.45, 7) is 3.58. The number of piperidine rings is 1. The van der Waals surface area contributed by atoms with Crippen LogP contribution in [0.3, 0.4) is 0 Å². The lowest BCUT2D eigenvalue weighted by molar-refractivity contribution is 0.402. The van der Waals surface area contributed by atoms with E-state index in [9.17, 15) is 8.42 Å². The van der Waals surface area contributed by atoms with E-state index in [1.807, 2.05) is 25.1 Å². The summed E-state index contributed by atoms with van der Waals surface area (Å²) in [5.74, 6) is 0.370. The molecule has 1 fully saturated rings. The van der Waals surface area contributed by atoms with E-state index in [0.29, 0.717) is 5.02 Å². The maximum atomic E-state index is 12.2. The van der Waals surface area contributed by atoms with Gasteiger partial charge in [-0.2, -0.15) is 0 Å². The second-order valence-electron chi connectivity index (χ2n) is 5.35. The minimum Gasteiger partial charge on any atom is -0.316 e. The van der Waals surface area contributed by atoms with Gasteiger partial charge in [-0.25, -0.2) is 13.1 Å². The molecule has 1 aromatic carbocycles. The van der Waals surface area contributed by atoms with Gasteiger partial charge >= 0.3 is 0 Å². The van der Waals surface area contributed by atoms with Crippen molar-refractivity contribution >= 4 is 21.6 Å². The molecule has 2 unspecified atom stereocenters. The van der Waals surface area contributed by atoms with E-state index >= 15 is 0 Å². The summed E-state index contributed by atoms with van der Waals surface area (Å²) in [6, 6.07) is 6.99. The van der Waals surface area contributed by atoms with E-state index < -0.39 is 10.0 Å². The molecule has 4 nitrogen and oxygen atoms in total. The Kier molecular flexibility index (Phi) is 5.43. The summed E-state index contributed by atoms with van der Waals surface area (Å²) in [7, 11) is -3.29. The van der Waals surface area contributed by atoms with Crippen molar-refractivity contribution in [3.05, 3.63) is 34.9 Å². The molecule has 0 radical (unpaired) electrons. The third-order valence-electron chi connectivity index (χ3n) is 3.58. The van der Waals surface area contributed by atoms with Crippen LogP contribution in [-0.4, -0.2) is 27.3 Å². The largest absolute Gasteiger partial charge is 0.316 e. The van der Waals surface area contributed by atoms with Gasteiger partial charge < -0.3 is 5.32 Å². The van der Waals surface area contributed by atoms with E-state index in [1.165, 1.54) is 0 Å². The molecule has 0 bridgehead atoms. The van der Waals surface area contributed by atoms with Gasteiger partial charge in [-0.3, -0.25) is 0 Å². The molecule has 2 N–H and O–H groups in total. The molecule has 1 heterocycles. The molecule has 2 atom stereocenters. The zero-order valence-corrected chi connectivity index (χ0v) is 13.2. The average molecular weight is 317 g/mol. The van der Waals surface area contributed by atoms with Gasteiger partial charge in [0, 0.05) is 11.1 Å². The van der Waals surface area contributed by atoms with Crippen LogP contribution in [0.25, 0.3) is 0 Å². The highest BCUT2D eigenvalue weighted by atomic mass is 35.5. The molecule has 1 saturated heterocycles. The van der Waals surface area contributed by atoms with Crippen LogP contribution in [0, 0.1) is 5.92 Å². The Morgan fingerprint density at radius 3 is 2.85 bits per heavy atom. The molecule has 1 aromatic rings. The minimum atomic E-state index is -3.29. The van der Waals surface area contributed by atoms with E-state index in [1.54, 1.807) is 6.07 Å². The summed E-state index contributed by atoms with van der Waals surface area (Å²) in [4.78, 5) is 0. The van der Waals surface area contributed by atoms with Crippen molar-refractivity contribution in [1.82, 2.24) is 10.0 Å². The Morgan fingerprint density at radius 1 is 1.45 bits per heavy atom. The molecule has 1 aliphatic heterocycles. The Balaban J connectivity index is 1.98. The lowest BCUT2D eigenvalue weighted by atomic mass is 10.0. The van der Waals surface area contributed by atoms with Crippen LogP contribution in [0.15, 0.2) is 24.3 Å². The number of hydrogen-bond donors (Lipinski definition) is 2. The number of halogens is 1. The van der Waals surface area contributed by atoms with Gasteiger partial charge in [-0.05, 0) is 50.4 Å². The Bertz CT molecular complexity index is 542. The normalized spacial score (nSPS) is 21.6. The lowest BCUT2D eigenvalue weighted by Crippen LogP contribution is -2.38.